The summed E-state index contributed by atoms with van der Waals surface area (Å²) in [6, 6.07) is 0.322. The lowest BCUT2D eigenvalue weighted by Gasteiger charge is -2.59. The quantitative estimate of drug-likeness (QED) is 0.469. The molecule has 3 nitrogen and oxygen atoms in total. The Bertz CT molecular complexity index is 895. The number of likely N-dealkylation sites (N-methyl/N-ethyl adjacent to an activating group) is 1. The third kappa shape index (κ3) is 3.71. The maximum atomic E-state index is 11.4. The zero-order valence-electron chi connectivity index (χ0n) is 23.0. The van der Waals surface area contributed by atoms with E-state index in [1.165, 1.54) is 49.8 Å². The number of fused-ring (bicyclic) bond motifs is 5. The minimum absolute atomic E-state index is 0.187. The van der Waals surface area contributed by atoms with Crippen molar-refractivity contribution in [3.05, 3.63) is 22.8 Å². The Kier molecular flexibility index (Phi) is 6.46. The van der Waals surface area contributed by atoms with Crippen LogP contribution in [0, 0.1) is 40.4 Å². The van der Waals surface area contributed by atoms with E-state index < -0.39 is 0 Å². The summed E-state index contributed by atoms with van der Waals surface area (Å²) in [7, 11) is 4.29. The largest absolute Gasteiger partial charge is 0.391 e. The molecule has 0 aromatic rings. The third-order valence-electron chi connectivity index (χ3n) is 11.7. The molecule has 2 unspecified atom stereocenters. The van der Waals surface area contributed by atoms with Crippen LogP contribution in [0.4, 0.5) is 0 Å². The molecule has 190 valence electrons. The molecule has 0 spiro atoms. The summed E-state index contributed by atoms with van der Waals surface area (Å²) in [6.45, 7) is 13.2. The minimum Gasteiger partial charge on any atom is -0.391 e. The standard InChI is InChI=1S/C31H50N2O/c1-19(2)21-14-17-32-27(21)18-20(3)23-10-11-24-22-8-9-26-29(34)28(33(6)7)13-16-31(26,5)25(22)12-15-30(23,24)4/h8,20,23-26,28-29,34H,9-18H2,1-7H3/t20-,23-,24?,25?,26+,28+,29-,30-,31-/m1/s1. The van der Waals surface area contributed by atoms with E-state index in [2.05, 4.69) is 59.7 Å². The molecule has 0 bridgehead atoms. The van der Waals surface area contributed by atoms with Crippen LogP contribution in [0.1, 0.15) is 92.4 Å². The minimum atomic E-state index is -0.187. The van der Waals surface area contributed by atoms with Crippen molar-refractivity contribution in [3.63, 3.8) is 0 Å². The van der Waals surface area contributed by atoms with Gasteiger partial charge < -0.3 is 10.0 Å². The summed E-state index contributed by atoms with van der Waals surface area (Å²) in [5, 5.41) is 11.4. The van der Waals surface area contributed by atoms with Crippen molar-refractivity contribution >= 4 is 5.71 Å². The van der Waals surface area contributed by atoms with Crippen LogP contribution in [0.25, 0.3) is 0 Å². The molecule has 0 saturated heterocycles. The van der Waals surface area contributed by atoms with E-state index in [1.807, 2.05) is 0 Å². The fourth-order valence-corrected chi connectivity index (χ4v) is 9.82. The summed E-state index contributed by atoms with van der Waals surface area (Å²) in [4.78, 5) is 7.21. The Morgan fingerprint density at radius 1 is 1.09 bits per heavy atom. The summed E-state index contributed by atoms with van der Waals surface area (Å²) < 4.78 is 0. The molecular weight excluding hydrogens is 416 g/mol. The molecule has 1 N–H and O–H groups in total. The Morgan fingerprint density at radius 3 is 2.50 bits per heavy atom. The van der Waals surface area contributed by atoms with Crippen LogP contribution in [0.15, 0.2) is 27.8 Å². The summed E-state index contributed by atoms with van der Waals surface area (Å²) >= 11 is 0. The number of hydrogen-bond acceptors (Lipinski definition) is 3. The topological polar surface area (TPSA) is 35.8 Å². The maximum absolute atomic E-state index is 11.4. The van der Waals surface area contributed by atoms with Crippen LogP contribution in [0.3, 0.4) is 0 Å². The van der Waals surface area contributed by atoms with Gasteiger partial charge in [-0.25, -0.2) is 0 Å². The number of allylic oxidation sites excluding steroid dienone is 3. The van der Waals surface area contributed by atoms with E-state index in [0.717, 1.165) is 37.6 Å². The van der Waals surface area contributed by atoms with Crippen LogP contribution in [-0.2, 0) is 0 Å². The van der Waals surface area contributed by atoms with Crippen LogP contribution in [0.2, 0.25) is 0 Å². The van der Waals surface area contributed by atoms with Gasteiger partial charge in [0.05, 0.1) is 6.10 Å². The number of rotatable bonds is 4. The van der Waals surface area contributed by atoms with Gasteiger partial charge in [0.1, 0.15) is 0 Å². The van der Waals surface area contributed by atoms with E-state index in [0.29, 0.717) is 29.2 Å². The normalized spacial score (nSPS) is 44.8. The Balaban J connectivity index is 1.36. The predicted octanol–water partition coefficient (Wildman–Crippen LogP) is 6.67. The molecule has 9 atom stereocenters. The predicted molar refractivity (Wildman–Crippen MR) is 143 cm³/mol. The second-order valence-corrected chi connectivity index (χ2v) is 13.7. The van der Waals surface area contributed by atoms with Gasteiger partial charge in [-0.15, -0.1) is 0 Å². The summed E-state index contributed by atoms with van der Waals surface area (Å²) in [5.74, 6) is 3.39. The molecule has 0 aromatic heterocycles. The van der Waals surface area contributed by atoms with Crippen LogP contribution >= 0.6 is 0 Å². The molecule has 4 aliphatic carbocycles. The van der Waals surface area contributed by atoms with Crippen LogP contribution < -0.4 is 0 Å². The van der Waals surface area contributed by atoms with Crippen molar-refractivity contribution in [2.24, 2.45) is 45.4 Å². The average Bonchev–Trinajstić information content (AvgIpc) is 3.37. The van der Waals surface area contributed by atoms with Gasteiger partial charge in [0.15, 0.2) is 0 Å². The van der Waals surface area contributed by atoms with Crippen molar-refractivity contribution in [3.8, 4) is 0 Å². The fraction of sp³-hybridized carbons (Fsp3) is 0.839. The van der Waals surface area contributed by atoms with Gasteiger partial charge in [-0.05, 0) is 132 Å². The van der Waals surface area contributed by atoms with Gasteiger partial charge in [-0.3, -0.25) is 4.99 Å². The van der Waals surface area contributed by atoms with Crippen molar-refractivity contribution < 1.29 is 5.11 Å². The zero-order chi connectivity index (χ0) is 24.4. The fourth-order valence-electron chi connectivity index (χ4n) is 9.82. The number of aliphatic hydroxyl groups excluding tert-OH is 1. The lowest BCUT2D eigenvalue weighted by Crippen LogP contribution is -2.57. The molecule has 5 aliphatic rings. The van der Waals surface area contributed by atoms with Crippen LogP contribution in [-0.4, -0.2) is 48.5 Å². The molecule has 0 amide bonds. The molecule has 3 fully saturated rings. The smallest absolute Gasteiger partial charge is 0.0731 e. The highest BCUT2D eigenvalue weighted by Crippen LogP contribution is 2.67. The van der Waals surface area contributed by atoms with Crippen LogP contribution in [0.5, 0.6) is 0 Å². The van der Waals surface area contributed by atoms with E-state index in [1.54, 1.807) is 11.1 Å². The Labute approximate surface area is 209 Å². The lowest BCUT2D eigenvalue weighted by atomic mass is 9.47. The molecule has 3 saturated carbocycles. The van der Waals surface area contributed by atoms with Gasteiger partial charge >= 0.3 is 0 Å². The number of aliphatic imine (C=N–C) groups is 1. The van der Waals surface area contributed by atoms with Gasteiger partial charge in [0.25, 0.3) is 0 Å². The number of hydrogen-bond donors (Lipinski definition) is 1. The second-order valence-electron chi connectivity index (χ2n) is 13.7. The van der Waals surface area contributed by atoms with Gasteiger partial charge in [0.2, 0.25) is 0 Å². The highest BCUT2D eigenvalue weighted by atomic mass is 16.3. The Morgan fingerprint density at radius 2 is 1.79 bits per heavy atom. The molecule has 34 heavy (non-hydrogen) atoms. The zero-order valence-corrected chi connectivity index (χ0v) is 23.0. The van der Waals surface area contributed by atoms with Crippen molar-refractivity contribution in [1.82, 2.24) is 4.90 Å². The van der Waals surface area contributed by atoms with E-state index >= 15 is 0 Å². The first-order chi connectivity index (χ1) is 16.1. The summed E-state index contributed by atoms with van der Waals surface area (Å²) in [5.41, 5.74) is 6.97. The Hall–Kier alpha value is -0.930. The van der Waals surface area contributed by atoms with Crippen molar-refractivity contribution in [2.45, 2.75) is 105 Å². The monoisotopic (exact) mass is 466 g/mol. The molecule has 5 rings (SSSR count). The number of aliphatic hydroxyl groups is 1. The van der Waals surface area contributed by atoms with E-state index in [-0.39, 0.29) is 11.5 Å². The van der Waals surface area contributed by atoms with Gasteiger partial charge in [0, 0.05) is 18.3 Å². The molecule has 1 heterocycles. The second kappa shape index (κ2) is 8.87. The maximum Gasteiger partial charge on any atom is 0.0731 e. The first-order valence-corrected chi connectivity index (χ1v) is 14.3. The first kappa shape index (κ1) is 24.8. The van der Waals surface area contributed by atoms with E-state index in [4.69, 9.17) is 4.99 Å². The molecule has 0 aromatic carbocycles. The summed E-state index contributed by atoms with van der Waals surface area (Å²) in [6.07, 6.45) is 13.7. The highest BCUT2D eigenvalue weighted by Gasteiger charge is 2.59. The molecule has 0 radical (unpaired) electrons. The highest BCUT2D eigenvalue weighted by molar-refractivity contribution is 6.02. The third-order valence-corrected chi connectivity index (χ3v) is 11.7. The van der Waals surface area contributed by atoms with Crippen molar-refractivity contribution in [1.29, 1.82) is 0 Å². The molecular formula is C31H50N2O. The number of nitrogens with zero attached hydrogens (tertiary/aromatic N) is 2. The molecule has 1 aliphatic heterocycles. The van der Waals surface area contributed by atoms with E-state index in [9.17, 15) is 5.11 Å². The van der Waals surface area contributed by atoms with Crippen molar-refractivity contribution in [2.75, 3.05) is 20.6 Å². The lowest BCUT2D eigenvalue weighted by molar-refractivity contribution is -0.100. The molecule has 3 heteroatoms. The van der Waals surface area contributed by atoms with Gasteiger partial charge in [-0.1, -0.05) is 38.0 Å². The SMILES string of the molecule is CC(C)=C1CCN=C1C[C@@H](C)[C@H]1CCC2C3=CC[C@H]4[C@@H](O)[C@@H](N(C)C)CC[C@]4(C)C3CC[C@@]21C. The average molecular weight is 467 g/mol. The van der Waals surface area contributed by atoms with Gasteiger partial charge in [-0.2, -0.15) is 0 Å². The first-order valence-electron chi connectivity index (χ1n) is 14.3.